The Labute approximate surface area is 360 Å². The van der Waals surface area contributed by atoms with E-state index in [4.69, 9.17) is 18.9 Å². The number of hydrogen-bond donors (Lipinski definition) is 0. The number of hydrogen-bond acceptors (Lipinski definition) is 5. The van der Waals surface area contributed by atoms with Gasteiger partial charge in [-0.25, -0.2) is 0 Å². The normalized spacial score (nSPS) is 20.6. The molecule has 2 unspecified atom stereocenters. The van der Waals surface area contributed by atoms with Crippen LogP contribution in [0.25, 0.3) is 28.0 Å². The van der Waals surface area contributed by atoms with E-state index in [2.05, 4.69) is 143 Å². The third kappa shape index (κ3) is 6.33. The van der Waals surface area contributed by atoms with Gasteiger partial charge in [0.2, 0.25) is 0 Å². The van der Waals surface area contributed by atoms with Crippen molar-refractivity contribution in [1.82, 2.24) is 0 Å². The third-order valence-corrected chi connectivity index (χ3v) is 15.3. The molecule has 5 heteroatoms. The lowest BCUT2D eigenvalue weighted by atomic mass is 9.72. The van der Waals surface area contributed by atoms with Crippen LogP contribution in [0.1, 0.15) is 104 Å². The van der Waals surface area contributed by atoms with Crippen LogP contribution in [0.2, 0.25) is 0 Å². The molecule has 0 amide bonds. The SMILES string of the molecule is CCCOc1ccc(C2(c3ccc(OCCC)cc3)C=Cc3c4c(c5cc(Sc6c(C)cccc6C)c(OC)cc5c3O2)-c2ccccc2C42CC3CCCCC3C2)cc1. The van der Waals surface area contributed by atoms with Gasteiger partial charge in [0.25, 0.3) is 0 Å². The summed E-state index contributed by atoms with van der Waals surface area (Å²) in [6, 6.07) is 37.7. The average Bonchev–Trinajstić information content (AvgIpc) is 3.81. The first-order chi connectivity index (χ1) is 29.4. The van der Waals surface area contributed by atoms with Gasteiger partial charge in [0, 0.05) is 32.4 Å². The van der Waals surface area contributed by atoms with Crippen molar-refractivity contribution in [2.24, 2.45) is 11.8 Å². The molecule has 1 spiro atoms. The number of ether oxygens (including phenoxy) is 4. The third-order valence-electron chi connectivity index (χ3n) is 13.9. The van der Waals surface area contributed by atoms with E-state index in [1.54, 1.807) is 7.11 Å². The molecule has 0 N–H and O–H groups in total. The number of aryl methyl sites for hydroxylation is 2. The smallest absolute Gasteiger partial charge is 0.178 e. The van der Waals surface area contributed by atoms with Gasteiger partial charge in [0.1, 0.15) is 23.0 Å². The molecule has 0 saturated heterocycles. The molecule has 0 radical (unpaired) electrons. The fraction of sp³-hybridized carbons (Fsp3) is 0.345. The number of fused-ring (bicyclic) bond motifs is 11. The zero-order chi connectivity index (χ0) is 41.0. The molecule has 1 heterocycles. The van der Waals surface area contributed by atoms with E-state index in [-0.39, 0.29) is 5.41 Å². The van der Waals surface area contributed by atoms with Crippen molar-refractivity contribution >= 4 is 28.6 Å². The summed E-state index contributed by atoms with van der Waals surface area (Å²) in [5, 5.41) is 2.31. The summed E-state index contributed by atoms with van der Waals surface area (Å²) < 4.78 is 26.4. The summed E-state index contributed by atoms with van der Waals surface area (Å²) in [4.78, 5) is 2.39. The molecule has 306 valence electrons. The van der Waals surface area contributed by atoms with Crippen molar-refractivity contribution in [2.75, 3.05) is 20.3 Å². The Kier molecular flexibility index (Phi) is 10.2. The molecule has 10 rings (SSSR count). The highest BCUT2D eigenvalue weighted by Gasteiger charge is 2.55. The van der Waals surface area contributed by atoms with Crippen LogP contribution in [0, 0.1) is 25.7 Å². The summed E-state index contributed by atoms with van der Waals surface area (Å²) in [6.45, 7) is 10.1. The zero-order valence-electron chi connectivity index (χ0n) is 35.7. The quantitative estimate of drug-likeness (QED) is 0.130. The van der Waals surface area contributed by atoms with E-state index in [9.17, 15) is 0 Å². The van der Waals surface area contributed by atoms with Crippen molar-refractivity contribution < 1.29 is 18.9 Å². The van der Waals surface area contributed by atoms with Crippen LogP contribution in [-0.2, 0) is 11.0 Å². The van der Waals surface area contributed by atoms with Crippen LogP contribution in [0.4, 0.5) is 0 Å². The lowest BCUT2D eigenvalue weighted by molar-refractivity contribution is 0.163. The highest BCUT2D eigenvalue weighted by molar-refractivity contribution is 7.99. The largest absolute Gasteiger partial charge is 0.496 e. The first-order valence-electron chi connectivity index (χ1n) is 22.3. The van der Waals surface area contributed by atoms with E-state index in [0.29, 0.717) is 13.2 Å². The molecule has 2 saturated carbocycles. The monoisotopic (exact) mass is 812 g/mol. The minimum Gasteiger partial charge on any atom is -0.496 e. The number of benzene rings is 6. The second-order valence-corrected chi connectivity index (χ2v) is 18.7. The van der Waals surface area contributed by atoms with Crippen molar-refractivity contribution in [2.45, 2.75) is 99.9 Å². The van der Waals surface area contributed by atoms with E-state index < -0.39 is 5.60 Å². The standard InChI is InChI=1S/C55H56O4S/c1-6-29-57-41-23-19-39(20-24-41)55(40-21-25-42(26-22-40)58-30-7-2)28-27-44-51-50(43-17-10-11-18-47(43)54(51)33-37-15-8-9-16-38(37)34-54)45-32-49(48(56-5)31-46(45)52(44)59-55)60-53-35(3)13-12-14-36(53)4/h10-14,17-28,31-32,37-38H,6-9,15-16,29-30,33-34H2,1-5H3. The van der Waals surface area contributed by atoms with Gasteiger partial charge in [-0.1, -0.05) is 124 Å². The molecule has 60 heavy (non-hydrogen) atoms. The molecule has 4 aliphatic rings. The summed E-state index contributed by atoms with van der Waals surface area (Å²) in [7, 11) is 1.80. The van der Waals surface area contributed by atoms with E-state index in [1.807, 2.05) is 11.8 Å². The van der Waals surface area contributed by atoms with Gasteiger partial charge in [0.05, 0.1) is 25.2 Å². The predicted molar refractivity (Wildman–Crippen MR) is 246 cm³/mol. The first kappa shape index (κ1) is 39.0. The van der Waals surface area contributed by atoms with Crippen molar-refractivity contribution in [3.63, 3.8) is 0 Å². The Hall–Kier alpha value is -5.13. The zero-order valence-corrected chi connectivity index (χ0v) is 36.6. The fourth-order valence-electron chi connectivity index (χ4n) is 11.2. The maximum atomic E-state index is 7.86. The van der Waals surface area contributed by atoms with Crippen LogP contribution >= 0.6 is 11.8 Å². The fourth-order valence-corrected chi connectivity index (χ4v) is 12.3. The summed E-state index contributed by atoms with van der Waals surface area (Å²) in [5.74, 6) is 4.98. The molecular weight excluding hydrogens is 757 g/mol. The Morgan fingerprint density at radius 3 is 1.93 bits per heavy atom. The van der Waals surface area contributed by atoms with Gasteiger partial charge in [-0.15, -0.1) is 0 Å². The van der Waals surface area contributed by atoms with Crippen LogP contribution in [0.5, 0.6) is 23.0 Å². The molecule has 0 bridgehead atoms. The van der Waals surface area contributed by atoms with Gasteiger partial charge < -0.3 is 18.9 Å². The maximum absolute atomic E-state index is 7.86. The summed E-state index contributed by atoms with van der Waals surface area (Å²) >= 11 is 1.81. The van der Waals surface area contributed by atoms with E-state index in [0.717, 1.165) is 69.1 Å². The topological polar surface area (TPSA) is 36.9 Å². The highest BCUT2D eigenvalue weighted by Crippen LogP contribution is 2.66. The molecule has 4 nitrogen and oxygen atoms in total. The maximum Gasteiger partial charge on any atom is 0.178 e. The van der Waals surface area contributed by atoms with Crippen LogP contribution in [0.15, 0.2) is 119 Å². The van der Waals surface area contributed by atoms with Crippen molar-refractivity contribution in [3.8, 4) is 34.1 Å². The average molecular weight is 813 g/mol. The molecule has 6 aromatic rings. The van der Waals surface area contributed by atoms with Crippen molar-refractivity contribution in [3.05, 3.63) is 148 Å². The highest BCUT2D eigenvalue weighted by atomic mass is 32.2. The Balaban J connectivity index is 1.24. The van der Waals surface area contributed by atoms with Gasteiger partial charge in [-0.2, -0.15) is 0 Å². The molecule has 6 aromatic carbocycles. The second kappa shape index (κ2) is 15.7. The van der Waals surface area contributed by atoms with E-state index >= 15 is 0 Å². The first-order valence-corrected chi connectivity index (χ1v) is 23.1. The van der Waals surface area contributed by atoms with Gasteiger partial charge in [0.15, 0.2) is 5.60 Å². The van der Waals surface area contributed by atoms with Gasteiger partial charge in [-0.05, 0) is 133 Å². The molecule has 2 fully saturated rings. The molecule has 2 atom stereocenters. The lowest BCUT2D eigenvalue weighted by Crippen LogP contribution is -2.35. The summed E-state index contributed by atoms with van der Waals surface area (Å²) in [5.41, 5.74) is 10.6. The minimum absolute atomic E-state index is 0.0755. The van der Waals surface area contributed by atoms with Crippen molar-refractivity contribution in [1.29, 1.82) is 0 Å². The molecule has 1 aliphatic heterocycles. The second-order valence-electron chi connectivity index (χ2n) is 17.6. The Bertz CT molecular complexity index is 2520. The number of methoxy groups -OCH3 is 1. The van der Waals surface area contributed by atoms with Gasteiger partial charge in [-0.3, -0.25) is 0 Å². The minimum atomic E-state index is -0.915. The predicted octanol–water partition coefficient (Wildman–Crippen LogP) is 14.4. The Morgan fingerprint density at radius 2 is 1.33 bits per heavy atom. The van der Waals surface area contributed by atoms with E-state index in [1.165, 1.54) is 87.8 Å². The Morgan fingerprint density at radius 1 is 0.717 bits per heavy atom. The molecule has 3 aliphatic carbocycles. The van der Waals surface area contributed by atoms with Crippen LogP contribution in [-0.4, -0.2) is 20.3 Å². The number of rotatable bonds is 11. The van der Waals surface area contributed by atoms with Crippen LogP contribution < -0.4 is 18.9 Å². The molecular formula is C55H56O4S. The van der Waals surface area contributed by atoms with Gasteiger partial charge >= 0.3 is 0 Å². The summed E-state index contributed by atoms with van der Waals surface area (Å²) in [6.07, 6.45) is 14.4. The lowest BCUT2D eigenvalue weighted by Gasteiger charge is -2.39. The van der Waals surface area contributed by atoms with Crippen LogP contribution in [0.3, 0.4) is 0 Å². The molecule has 0 aromatic heterocycles.